The van der Waals surface area contributed by atoms with Crippen molar-refractivity contribution < 1.29 is 14.3 Å². The molecule has 146 valence electrons. The number of carbonyl (C=O) groups is 1. The third kappa shape index (κ3) is 5.85. The van der Waals surface area contributed by atoms with Gasteiger partial charge in [0.2, 0.25) is 11.0 Å². The van der Waals surface area contributed by atoms with Crippen LogP contribution in [0.5, 0.6) is 11.5 Å². The van der Waals surface area contributed by atoms with Crippen LogP contribution in [-0.4, -0.2) is 36.1 Å². The molecule has 0 saturated heterocycles. The first-order chi connectivity index (χ1) is 13.6. The Labute approximate surface area is 179 Å². The van der Waals surface area contributed by atoms with E-state index in [-0.39, 0.29) is 11.7 Å². The van der Waals surface area contributed by atoms with Crippen LogP contribution in [0.2, 0.25) is 0 Å². The van der Waals surface area contributed by atoms with Gasteiger partial charge in [-0.25, -0.2) is 0 Å². The van der Waals surface area contributed by atoms with Crippen LogP contribution < -0.4 is 20.1 Å². The smallest absolute Gasteiger partial charge is 0.234 e. The first kappa shape index (κ1) is 20.4. The zero-order chi connectivity index (χ0) is 19.9. The van der Waals surface area contributed by atoms with Gasteiger partial charge in [-0.3, -0.25) is 4.79 Å². The lowest BCUT2D eigenvalue weighted by molar-refractivity contribution is -0.113. The number of halogens is 1. The standard InChI is InChI=1S/C18H17BrN4O3S2/c1-25-14-7-13(8-15(9-14)26-2)20-16(24)10-27-18-23-22-17(28-18)21-12-5-3-4-11(19)6-12/h3-9H,10H2,1-2H3,(H,20,24)(H,21,22). The van der Waals surface area contributed by atoms with E-state index in [1.54, 1.807) is 32.4 Å². The van der Waals surface area contributed by atoms with Crippen LogP contribution >= 0.6 is 39.0 Å². The maximum absolute atomic E-state index is 12.2. The highest BCUT2D eigenvalue weighted by Gasteiger charge is 2.10. The van der Waals surface area contributed by atoms with E-state index in [0.717, 1.165) is 10.2 Å². The van der Waals surface area contributed by atoms with Crippen LogP contribution in [0.25, 0.3) is 0 Å². The third-order valence-electron chi connectivity index (χ3n) is 3.44. The molecule has 0 aliphatic rings. The van der Waals surface area contributed by atoms with Crippen molar-refractivity contribution >= 4 is 61.4 Å². The molecule has 1 aromatic heterocycles. The Morgan fingerprint density at radius 1 is 1.11 bits per heavy atom. The van der Waals surface area contributed by atoms with E-state index in [0.29, 0.717) is 26.7 Å². The zero-order valence-electron chi connectivity index (χ0n) is 15.1. The molecule has 7 nitrogen and oxygen atoms in total. The molecule has 0 unspecified atom stereocenters. The van der Waals surface area contributed by atoms with Gasteiger partial charge in [-0.2, -0.15) is 0 Å². The molecule has 0 aliphatic heterocycles. The summed E-state index contributed by atoms with van der Waals surface area (Å²) in [6.07, 6.45) is 0. The highest BCUT2D eigenvalue weighted by atomic mass is 79.9. The topological polar surface area (TPSA) is 85.4 Å². The number of hydrogen-bond acceptors (Lipinski definition) is 8. The molecule has 0 radical (unpaired) electrons. The van der Waals surface area contributed by atoms with Crippen molar-refractivity contribution in [3.05, 3.63) is 46.9 Å². The number of aromatic nitrogens is 2. The number of anilines is 3. The van der Waals surface area contributed by atoms with Crippen molar-refractivity contribution in [2.45, 2.75) is 4.34 Å². The summed E-state index contributed by atoms with van der Waals surface area (Å²) in [4.78, 5) is 12.2. The largest absolute Gasteiger partial charge is 0.497 e. The predicted molar refractivity (Wildman–Crippen MR) is 116 cm³/mol. The molecule has 10 heteroatoms. The zero-order valence-corrected chi connectivity index (χ0v) is 18.3. The van der Waals surface area contributed by atoms with Gasteiger partial charge >= 0.3 is 0 Å². The second-order valence-electron chi connectivity index (χ2n) is 5.45. The molecule has 2 N–H and O–H groups in total. The number of benzene rings is 2. The Bertz CT molecular complexity index is 945. The Hall–Kier alpha value is -2.30. The van der Waals surface area contributed by atoms with Gasteiger partial charge in [0.1, 0.15) is 11.5 Å². The Kier molecular flexibility index (Phi) is 7.12. The molecule has 28 heavy (non-hydrogen) atoms. The van der Waals surface area contributed by atoms with Crippen LogP contribution in [0.1, 0.15) is 0 Å². The molecule has 0 saturated carbocycles. The molecule has 0 bridgehead atoms. The fourth-order valence-corrected chi connectivity index (χ4v) is 4.18. The first-order valence-corrected chi connectivity index (χ1v) is 10.7. The molecule has 3 aromatic rings. The van der Waals surface area contributed by atoms with Crippen molar-refractivity contribution in [3.63, 3.8) is 0 Å². The number of amides is 1. The monoisotopic (exact) mass is 480 g/mol. The van der Waals surface area contributed by atoms with Crippen LogP contribution in [0, 0.1) is 0 Å². The fraction of sp³-hybridized carbons (Fsp3) is 0.167. The van der Waals surface area contributed by atoms with Crippen molar-refractivity contribution in [1.29, 1.82) is 0 Å². The normalized spacial score (nSPS) is 10.4. The number of carbonyl (C=O) groups excluding carboxylic acids is 1. The summed E-state index contributed by atoms with van der Waals surface area (Å²) in [5.74, 6) is 1.27. The average molecular weight is 481 g/mol. The number of nitrogens with one attached hydrogen (secondary N) is 2. The Balaban J connectivity index is 1.54. The highest BCUT2D eigenvalue weighted by Crippen LogP contribution is 2.29. The molecule has 3 rings (SSSR count). The number of thioether (sulfide) groups is 1. The van der Waals surface area contributed by atoms with Gasteiger partial charge in [0.25, 0.3) is 0 Å². The molecule has 0 aliphatic carbocycles. The van der Waals surface area contributed by atoms with Crippen molar-refractivity contribution in [1.82, 2.24) is 10.2 Å². The van der Waals surface area contributed by atoms with Crippen molar-refractivity contribution in [2.24, 2.45) is 0 Å². The number of nitrogens with zero attached hydrogens (tertiary/aromatic N) is 2. The highest BCUT2D eigenvalue weighted by molar-refractivity contribution is 9.10. The lowest BCUT2D eigenvalue weighted by Gasteiger charge is -2.09. The van der Waals surface area contributed by atoms with E-state index in [9.17, 15) is 4.79 Å². The summed E-state index contributed by atoms with van der Waals surface area (Å²) in [5.41, 5.74) is 1.52. The minimum atomic E-state index is -0.156. The summed E-state index contributed by atoms with van der Waals surface area (Å²) >= 11 is 6.14. The van der Waals surface area contributed by atoms with E-state index in [1.165, 1.54) is 23.1 Å². The van der Waals surface area contributed by atoms with Crippen LogP contribution in [-0.2, 0) is 4.79 Å². The van der Waals surface area contributed by atoms with Gasteiger partial charge < -0.3 is 20.1 Å². The van der Waals surface area contributed by atoms with Crippen molar-refractivity contribution in [2.75, 3.05) is 30.6 Å². The van der Waals surface area contributed by atoms with E-state index < -0.39 is 0 Å². The summed E-state index contributed by atoms with van der Waals surface area (Å²) < 4.78 is 12.1. The van der Waals surface area contributed by atoms with Gasteiger partial charge in [0, 0.05) is 34.0 Å². The number of ether oxygens (including phenoxy) is 2. The van der Waals surface area contributed by atoms with Gasteiger partial charge in [0.05, 0.1) is 20.0 Å². The van der Waals surface area contributed by atoms with E-state index in [1.807, 2.05) is 24.3 Å². The molecule has 1 amide bonds. The van der Waals surface area contributed by atoms with Crippen molar-refractivity contribution in [3.8, 4) is 11.5 Å². The van der Waals surface area contributed by atoms with Crippen LogP contribution in [0.15, 0.2) is 51.3 Å². The quantitative estimate of drug-likeness (QED) is 0.448. The van der Waals surface area contributed by atoms with Gasteiger partial charge in [-0.05, 0) is 18.2 Å². The molecule has 0 spiro atoms. The lowest BCUT2D eigenvalue weighted by atomic mass is 10.2. The van der Waals surface area contributed by atoms with Gasteiger partial charge in [-0.15, -0.1) is 10.2 Å². The summed E-state index contributed by atoms with van der Waals surface area (Å²) in [6, 6.07) is 13.0. The number of hydrogen-bond donors (Lipinski definition) is 2. The Morgan fingerprint density at radius 3 is 2.54 bits per heavy atom. The maximum atomic E-state index is 12.2. The minimum Gasteiger partial charge on any atom is -0.497 e. The lowest BCUT2D eigenvalue weighted by Crippen LogP contribution is -2.14. The summed E-state index contributed by atoms with van der Waals surface area (Å²) in [7, 11) is 3.12. The number of rotatable bonds is 8. The SMILES string of the molecule is COc1cc(NC(=O)CSc2nnc(Nc3cccc(Br)c3)s2)cc(OC)c1. The average Bonchev–Trinajstić information content (AvgIpc) is 3.13. The van der Waals surface area contributed by atoms with E-state index >= 15 is 0 Å². The number of methoxy groups -OCH3 is 2. The van der Waals surface area contributed by atoms with Crippen LogP contribution in [0.3, 0.4) is 0 Å². The predicted octanol–water partition coefficient (Wildman–Crippen LogP) is 4.79. The fourth-order valence-electron chi connectivity index (χ4n) is 2.21. The van der Waals surface area contributed by atoms with Gasteiger partial charge in [0.15, 0.2) is 4.34 Å². The first-order valence-electron chi connectivity index (χ1n) is 8.07. The minimum absolute atomic E-state index is 0.156. The molecule has 0 fully saturated rings. The third-order valence-corrected chi connectivity index (χ3v) is 5.91. The van der Waals surface area contributed by atoms with Crippen LogP contribution in [0.4, 0.5) is 16.5 Å². The van der Waals surface area contributed by atoms with E-state index in [4.69, 9.17) is 9.47 Å². The molecule has 1 heterocycles. The molecule has 2 aromatic carbocycles. The molecular weight excluding hydrogens is 464 g/mol. The molecular formula is C18H17BrN4O3S2. The summed E-state index contributed by atoms with van der Waals surface area (Å²) in [6.45, 7) is 0. The second kappa shape index (κ2) is 9.76. The van der Waals surface area contributed by atoms with Gasteiger partial charge in [-0.1, -0.05) is 45.1 Å². The Morgan fingerprint density at radius 2 is 1.86 bits per heavy atom. The maximum Gasteiger partial charge on any atom is 0.234 e. The second-order valence-corrected chi connectivity index (χ2v) is 8.56. The van der Waals surface area contributed by atoms with E-state index in [2.05, 4.69) is 36.8 Å². The summed E-state index contributed by atoms with van der Waals surface area (Å²) in [5, 5.41) is 14.9. The molecule has 0 atom stereocenters.